The summed E-state index contributed by atoms with van der Waals surface area (Å²) < 4.78 is 10.6. The normalized spacial score (nSPS) is 12.0. The first kappa shape index (κ1) is 22.1. The van der Waals surface area contributed by atoms with Crippen LogP contribution in [0.3, 0.4) is 0 Å². The summed E-state index contributed by atoms with van der Waals surface area (Å²) in [6, 6.07) is 14.3. The fourth-order valence-corrected chi connectivity index (χ4v) is 2.49. The van der Waals surface area contributed by atoms with Gasteiger partial charge in [0, 0.05) is 25.3 Å². The minimum absolute atomic E-state index is 0. The third-order valence-corrected chi connectivity index (χ3v) is 4.09. The molecule has 0 heterocycles. The fourth-order valence-electron chi connectivity index (χ4n) is 2.49. The molecule has 1 atom stereocenters. The molecular formula is C20H28IN3O2. The quantitative estimate of drug-likeness (QED) is 0.374. The number of halogens is 1. The highest BCUT2D eigenvalue weighted by Gasteiger charge is 2.09. The van der Waals surface area contributed by atoms with E-state index in [4.69, 9.17) is 9.47 Å². The van der Waals surface area contributed by atoms with Crippen molar-refractivity contribution in [2.45, 2.75) is 19.8 Å². The highest BCUT2D eigenvalue weighted by Crippen LogP contribution is 2.29. The first-order valence-electron chi connectivity index (χ1n) is 8.33. The second kappa shape index (κ2) is 10.9. The Hall–Kier alpha value is -1.96. The molecule has 0 amide bonds. The fraction of sp³-hybridized carbons (Fsp3) is 0.350. The zero-order valence-electron chi connectivity index (χ0n) is 16.0. The molecule has 2 N–H and O–H groups in total. The van der Waals surface area contributed by atoms with Crippen molar-refractivity contribution in [3.8, 4) is 11.5 Å². The molecule has 1 unspecified atom stereocenters. The zero-order chi connectivity index (χ0) is 18.2. The number of hydrogen-bond acceptors (Lipinski definition) is 3. The monoisotopic (exact) mass is 469 g/mol. The predicted octanol–water partition coefficient (Wildman–Crippen LogP) is 4.42. The van der Waals surface area contributed by atoms with E-state index in [-0.39, 0.29) is 24.0 Å². The molecule has 0 aliphatic rings. The Morgan fingerprint density at radius 1 is 1.04 bits per heavy atom. The zero-order valence-corrected chi connectivity index (χ0v) is 18.3. The molecule has 0 radical (unpaired) electrons. The molecule has 2 aromatic rings. The van der Waals surface area contributed by atoms with Crippen LogP contribution in [0.4, 0.5) is 5.69 Å². The van der Waals surface area contributed by atoms with Crippen LogP contribution in [0.1, 0.15) is 24.0 Å². The van der Waals surface area contributed by atoms with Crippen LogP contribution in [-0.4, -0.2) is 33.8 Å². The second-order valence-corrected chi connectivity index (χ2v) is 5.96. The summed E-state index contributed by atoms with van der Waals surface area (Å²) >= 11 is 0. The molecule has 0 saturated carbocycles. The minimum atomic E-state index is 0. The molecule has 2 aromatic carbocycles. The maximum Gasteiger partial charge on any atom is 0.195 e. The number of guanidine groups is 1. The van der Waals surface area contributed by atoms with Crippen LogP contribution in [0.2, 0.25) is 0 Å². The van der Waals surface area contributed by atoms with Gasteiger partial charge in [-0.2, -0.15) is 0 Å². The molecule has 0 saturated heterocycles. The summed E-state index contributed by atoms with van der Waals surface area (Å²) in [7, 11) is 5.00. The minimum Gasteiger partial charge on any atom is -0.493 e. The lowest BCUT2D eigenvalue weighted by molar-refractivity contribution is 0.355. The third kappa shape index (κ3) is 6.09. The molecule has 26 heavy (non-hydrogen) atoms. The van der Waals surface area contributed by atoms with Crippen molar-refractivity contribution >= 4 is 35.6 Å². The van der Waals surface area contributed by atoms with Gasteiger partial charge in [-0.25, -0.2) is 0 Å². The van der Waals surface area contributed by atoms with Crippen molar-refractivity contribution in [1.29, 1.82) is 0 Å². The molecule has 6 heteroatoms. The molecule has 0 spiro atoms. The number of aliphatic imine (C=N–C) groups is 1. The van der Waals surface area contributed by atoms with Crippen molar-refractivity contribution < 1.29 is 9.47 Å². The molecule has 142 valence electrons. The number of rotatable bonds is 6. The number of benzene rings is 2. The predicted molar refractivity (Wildman–Crippen MR) is 120 cm³/mol. The van der Waals surface area contributed by atoms with E-state index < -0.39 is 0 Å². The molecule has 5 nitrogen and oxygen atoms in total. The van der Waals surface area contributed by atoms with E-state index in [9.17, 15) is 0 Å². The Kier molecular flexibility index (Phi) is 9.26. The van der Waals surface area contributed by atoms with Crippen LogP contribution in [0, 0.1) is 6.92 Å². The molecule has 0 aliphatic carbocycles. The van der Waals surface area contributed by atoms with Gasteiger partial charge >= 0.3 is 0 Å². The smallest absolute Gasteiger partial charge is 0.195 e. The van der Waals surface area contributed by atoms with Gasteiger partial charge < -0.3 is 20.1 Å². The Bertz CT molecular complexity index is 717. The Labute approximate surface area is 173 Å². The molecule has 0 fully saturated rings. The summed E-state index contributed by atoms with van der Waals surface area (Å²) in [5, 5.41) is 6.64. The highest BCUT2D eigenvalue weighted by atomic mass is 127. The van der Waals surface area contributed by atoms with Crippen molar-refractivity contribution in [3.05, 3.63) is 53.6 Å². The molecule has 0 aliphatic heterocycles. The van der Waals surface area contributed by atoms with Gasteiger partial charge in [-0.15, -0.1) is 24.0 Å². The lowest BCUT2D eigenvalue weighted by atomic mass is 10.0. The van der Waals surface area contributed by atoms with E-state index in [1.807, 2.05) is 18.2 Å². The SMILES string of the molecule is CN=C(NCC(C)c1ccc(C)cc1)Nc1ccc(OC)c(OC)c1.I. The van der Waals surface area contributed by atoms with Crippen LogP contribution in [0.25, 0.3) is 0 Å². The lowest BCUT2D eigenvalue weighted by Crippen LogP contribution is -2.33. The summed E-state index contributed by atoms with van der Waals surface area (Å²) in [6.45, 7) is 5.08. The van der Waals surface area contributed by atoms with Gasteiger partial charge in [-0.3, -0.25) is 4.99 Å². The number of methoxy groups -OCH3 is 2. The summed E-state index contributed by atoms with van der Waals surface area (Å²) in [4.78, 5) is 4.28. The Balaban J connectivity index is 0.00000338. The first-order chi connectivity index (χ1) is 12.1. The van der Waals surface area contributed by atoms with E-state index in [0.29, 0.717) is 23.4 Å². The van der Waals surface area contributed by atoms with E-state index in [1.165, 1.54) is 11.1 Å². The van der Waals surface area contributed by atoms with Crippen LogP contribution in [0.15, 0.2) is 47.5 Å². The topological polar surface area (TPSA) is 54.9 Å². The van der Waals surface area contributed by atoms with Gasteiger partial charge in [-0.05, 0) is 30.5 Å². The largest absolute Gasteiger partial charge is 0.493 e. The number of ether oxygens (including phenoxy) is 2. The van der Waals surface area contributed by atoms with Gasteiger partial charge in [0.1, 0.15) is 0 Å². The molecular weight excluding hydrogens is 441 g/mol. The summed E-state index contributed by atoms with van der Waals surface area (Å²) in [5.74, 6) is 2.47. The molecule has 0 bridgehead atoms. The summed E-state index contributed by atoms with van der Waals surface area (Å²) in [6.07, 6.45) is 0. The maximum atomic E-state index is 5.33. The first-order valence-corrected chi connectivity index (χ1v) is 8.33. The van der Waals surface area contributed by atoms with Gasteiger partial charge in [0.05, 0.1) is 14.2 Å². The Morgan fingerprint density at radius 3 is 2.27 bits per heavy atom. The van der Waals surface area contributed by atoms with Gasteiger partial charge in [0.2, 0.25) is 0 Å². The van der Waals surface area contributed by atoms with E-state index in [1.54, 1.807) is 21.3 Å². The molecule has 0 aromatic heterocycles. The van der Waals surface area contributed by atoms with Crippen molar-refractivity contribution in [1.82, 2.24) is 5.32 Å². The standard InChI is InChI=1S/C20H27N3O2.HI/c1-14-6-8-16(9-7-14)15(2)13-22-20(21-3)23-17-10-11-18(24-4)19(12-17)25-5;/h6-12,15H,13H2,1-5H3,(H2,21,22,23);1H. The van der Waals surface area contributed by atoms with Crippen molar-refractivity contribution in [2.75, 3.05) is 33.1 Å². The van der Waals surface area contributed by atoms with E-state index in [0.717, 1.165) is 12.2 Å². The number of aryl methyl sites for hydroxylation is 1. The number of nitrogens with one attached hydrogen (secondary N) is 2. The van der Waals surface area contributed by atoms with Crippen LogP contribution in [-0.2, 0) is 0 Å². The summed E-state index contributed by atoms with van der Waals surface area (Å²) in [5.41, 5.74) is 3.46. The second-order valence-electron chi connectivity index (χ2n) is 5.96. The number of hydrogen-bond donors (Lipinski definition) is 2. The average molecular weight is 469 g/mol. The highest BCUT2D eigenvalue weighted by molar-refractivity contribution is 14.0. The van der Waals surface area contributed by atoms with Crippen LogP contribution in [0.5, 0.6) is 11.5 Å². The van der Waals surface area contributed by atoms with Gasteiger partial charge in [0.25, 0.3) is 0 Å². The van der Waals surface area contributed by atoms with Gasteiger partial charge in [-0.1, -0.05) is 36.8 Å². The van der Waals surface area contributed by atoms with E-state index >= 15 is 0 Å². The maximum absolute atomic E-state index is 5.33. The van der Waals surface area contributed by atoms with E-state index in [2.05, 4.69) is 53.7 Å². The molecule has 2 rings (SSSR count). The van der Waals surface area contributed by atoms with Crippen LogP contribution < -0.4 is 20.1 Å². The van der Waals surface area contributed by atoms with Crippen molar-refractivity contribution in [2.24, 2.45) is 4.99 Å². The van der Waals surface area contributed by atoms with Crippen molar-refractivity contribution in [3.63, 3.8) is 0 Å². The average Bonchev–Trinajstić information content (AvgIpc) is 2.65. The third-order valence-electron chi connectivity index (χ3n) is 4.09. The van der Waals surface area contributed by atoms with Crippen LogP contribution >= 0.6 is 24.0 Å². The lowest BCUT2D eigenvalue weighted by Gasteiger charge is -2.17. The van der Waals surface area contributed by atoms with Gasteiger partial charge in [0.15, 0.2) is 17.5 Å². The Morgan fingerprint density at radius 2 is 1.69 bits per heavy atom. The number of anilines is 1. The number of nitrogens with zero attached hydrogens (tertiary/aromatic N) is 1.